The molecule has 1 atom stereocenters. The predicted molar refractivity (Wildman–Crippen MR) is 39.4 cm³/mol. The maximum absolute atomic E-state index is 12.1. The van der Waals surface area contributed by atoms with Gasteiger partial charge in [0.15, 0.2) is 0 Å². The fourth-order valence-electron chi connectivity index (χ4n) is 1.50. The third-order valence-electron chi connectivity index (χ3n) is 2.12. The molecule has 0 N–H and O–H groups in total. The Morgan fingerprint density at radius 1 is 1.45 bits per heavy atom. The Bertz CT molecular complexity index is 198. The molecule has 11 heavy (non-hydrogen) atoms. The summed E-state index contributed by atoms with van der Waals surface area (Å²) in [7, 11) is -2.90. The highest BCUT2D eigenvalue weighted by molar-refractivity contribution is 8.03. The third-order valence-corrected chi connectivity index (χ3v) is 5.19. The standard InChI is InChI=1S/C6H11F3OS/c1-11(10)4-2-3-5(11)6(7,8)9/h5,11H,2-4H2,1H3. The molecular formula is C6H11F3OS. The van der Waals surface area contributed by atoms with Crippen LogP contribution in [0.25, 0.3) is 0 Å². The van der Waals surface area contributed by atoms with Crippen LogP contribution < -0.4 is 0 Å². The lowest BCUT2D eigenvalue weighted by Crippen LogP contribution is -2.36. The Morgan fingerprint density at radius 3 is 2.18 bits per heavy atom. The summed E-state index contributed by atoms with van der Waals surface area (Å²) >= 11 is 0. The van der Waals surface area contributed by atoms with Gasteiger partial charge in [0.2, 0.25) is 0 Å². The minimum absolute atomic E-state index is 0.0529. The fraction of sp³-hybridized carbons (Fsp3) is 1.00. The van der Waals surface area contributed by atoms with E-state index in [2.05, 4.69) is 0 Å². The number of hydrogen-bond acceptors (Lipinski definition) is 1. The van der Waals surface area contributed by atoms with Gasteiger partial charge in [0.25, 0.3) is 0 Å². The molecular weight excluding hydrogens is 177 g/mol. The Labute approximate surface area is 64.4 Å². The van der Waals surface area contributed by atoms with Crippen molar-refractivity contribution in [2.75, 3.05) is 12.0 Å². The fourth-order valence-corrected chi connectivity index (χ4v) is 3.97. The van der Waals surface area contributed by atoms with Gasteiger partial charge in [0.05, 0.1) is 0 Å². The number of halogens is 3. The predicted octanol–water partition coefficient (Wildman–Crippen LogP) is 1.36. The van der Waals surface area contributed by atoms with Crippen LogP contribution in [0.1, 0.15) is 12.8 Å². The van der Waals surface area contributed by atoms with Crippen molar-refractivity contribution in [3.63, 3.8) is 0 Å². The van der Waals surface area contributed by atoms with Crippen LogP contribution >= 0.6 is 0 Å². The molecule has 0 aromatic rings. The average Bonchev–Trinajstić information content (AvgIpc) is 2.06. The number of alkyl halides is 3. The first-order chi connectivity index (χ1) is 4.84. The van der Waals surface area contributed by atoms with Gasteiger partial charge >= 0.3 is 6.18 Å². The normalized spacial score (nSPS) is 33.6. The van der Waals surface area contributed by atoms with E-state index in [0.717, 1.165) is 0 Å². The van der Waals surface area contributed by atoms with Crippen molar-refractivity contribution in [2.24, 2.45) is 0 Å². The van der Waals surface area contributed by atoms with E-state index in [1.807, 2.05) is 0 Å². The summed E-state index contributed by atoms with van der Waals surface area (Å²) in [5.41, 5.74) is 0. The van der Waals surface area contributed by atoms with Gasteiger partial charge in [-0.1, -0.05) is 9.93 Å². The highest BCUT2D eigenvalue weighted by atomic mass is 32.2. The first-order valence-electron chi connectivity index (χ1n) is 3.47. The van der Waals surface area contributed by atoms with Crippen LogP contribution in [0.15, 0.2) is 0 Å². The SMILES string of the molecule is C[SH]1(=O)CCCC1C(F)(F)F. The van der Waals surface area contributed by atoms with Gasteiger partial charge in [-0.3, -0.25) is 4.21 Å². The molecule has 1 rings (SSSR count). The Hall–Kier alpha value is -0.0600. The van der Waals surface area contributed by atoms with E-state index in [0.29, 0.717) is 6.42 Å². The number of rotatable bonds is 0. The Balaban J connectivity index is 2.82. The first-order valence-corrected chi connectivity index (χ1v) is 5.88. The lowest BCUT2D eigenvalue weighted by molar-refractivity contribution is -0.129. The van der Waals surface area contributed by atoms with Crippen LogP contribution in [-0.4, -0.2) is 27.6 Å². The van der Waals surface area contributed by atoms with Crippen LogP contribution in [-0.2, 0) is 9.93 Å². The van der Waals surface area contributed by atoms with Gasteiger partial charge < -0.3 is 0 Å². The number of hydrogen-bond donors (Lipinski definition) is 1. The molecule has 1 aliphatic rings. The largest absolute Gasteiger partial charge is 0.401 e. The molecule has 0 aromatic heterocycles. The summed E-state index contributed by atoms with van der Waals surface area (Å²) in [5.74, 6) is 0.261. The van der Waals surface area contributed by atoms with Crippen molar-refractivity contribution < 1.29 is 17.4 Å². The van der Waals surface area contributed by atoms with Crippen molar-refractivity contribution in [3.8, 4) is 0 Å². The van der Waals surface area contributed by atoms with E-state index in [4.69, 9.17) is 0 Å². The molecule has 0 amide bonds. The van der Waals surface area contributed by atoms with Crippen LogP contribution in [0.2, 0.25) is 0 Å². The van der Waals surface area contributed by atoms with Crippen molar-refractivity contribution in [2.45, 2.75) is 24.3 Å². The van der Waals surface area contributed by atoms with Crippen molar-refractivity contribution >= 4 is 9.93 Å². The minimum Gasteiger partial charge on any atom is -0.284 e. The van der Waals surface area contributed by atoms with Gasteiger partial charge in [-0.2, -0.15) is 13.2 Å². The summed E-state index contributed by atoms with van der Waals surface area (Å²) < 4.78 is 47.5. The van der Waals surface area contributed by atoms with Gasteiger partial charge in [0.1, 0.15) is 5.25 Å². The zero-order valence-electron chi connectivity index (χ0n) is 6.19. The molecule has 0 radical (unpaired) electrons. The lowest BCUT2D eigenvalue weighted by Gasteiger charge is -2.23. The minimum atomic E-state index is -4.25. The van der Waals surface area contributed by atoms with E-state index in [-0.39, 0.29) is 12.2 Å². The molecule has 0 spiro atoms. The molecule has 1 fully saturated rings. The summed E-state index contributed by atoms with van der Waals surface area (Å²) in [4.78, 5) is 0. The summed E-state index contributed by atoms with van der Waals surface area (Å²) in [6, 6.07) is 0. The highest BCUT2D eigenvalue weighted by Gasteiger charge is 2.48. The van der Waals surface area contributed by atoms with Gasteiger partial charge in [-0.05, 0) is 19.1 Å². The second kappa shape index (κ2) is 2.47. The molecule has 0 aliphatic carbocycles. The smallest absolute Gasteiger partial charge is 0.284 e. The van der Waals surface area contributed by atoms with Gasteiger partial charge in [-0.25, -0.2) is 0 Å². The molecule has 0 aromatic carbocycles. The van der Waals surface area contributed by atoms with Crippen molar-refractivity contribution in [3.05, 3.63) is 0 Å². The van der Waals surface area contributed by atoms with Gasteiger partial charge in [0, 0.05) is 5.75 Å². The molecule has 1 unspecified atom stereocenters. The van der Waals surface area contributed by atoms with E-state index < -0.39 is 21.4 Å². The molecule has 0 bridgehead atoms. The maximum Gasteiger partial charge on any atom is 0.401 e. The van der Waals surface area contributed by atoms with Crippen LogP contribution in [0.3, 0.4) is 0 Å². The molecule has 68 valence electrons. The van der Waals surface area contributed by atoms with Crippen molar-refractivity contribution in [1.82, 2.24) is 0 Å². The second-order valence-electron chi connectivity index (χ2n) is 3.10. The van der Waals surface area contributed by atoms with E-state index in [9.17, 15) is 17.4 Å². The topological polar surface area (TPSA) is 17.1 Å². The van der Waals surface area contributed by atoms with Gasteiger partial charge in [-0.15, -0.1) is 0 Å². The Morgan fingerprint density at radius 2 is 2.00 bits per heavy atom. The van der Waals surface area contributed by atoms with E-state index in [1.54, 1.807) is 0 Å². The first kappa shape index (κ1) is 9.03. The Kier molecular flexibility index (Phi) is 2.03. The molecule has 1 saturated heterocycles. The second-order valence-corrected chi connectivity index (χ2v) is 6.52. The third kappa shape index (κ3) is 1.75. The average molecular weight is 188 g/mol. The van der Waals surface area contributed by atoms with Crippen LogP contribution in [0.5, 0.6) is 0 Å². The zero-order valence-corrected chi connectivity index (χ0v) is 7.08. The van der Waals surface area contributed by atoms with E-state index in [1.165, 1.54) is 6.26 Å². The molecule has 1 nitrogen and oxygen atoms in total. The van der Waals surface area contributed by atoms with E-state index >= 15 is 0 Å². The molecule has 1 heterocycles. The quantitative estimate of drug-likeness (QED) is 0.568. The highest BCUT2D eigenvalue weighted by Crippen LogP contribution is 2.37. The summed E-state index contributed by atoms with van der Waals surface area (Å²) in [6.45, 7) is 0. The maximum atomic E-state index is 12.1. The van der Waals surface area contributed by atoms with Crippen LogP contribution in [0.4, 0.5) is 13.2 Å². The summed E-state index contributed by atoms with van der Waals surface area (Å²) in [5, 5.41) is -1.52. The molecule has 5 heteroatoms. The monoisotopic (exact) mass is 188 g/mol. The lowest BCUT2D eigenvalue weighted by atomic mass is 10.2. The zero-order chi connectivity index (χ0) is 8.70. The molecule has 1 aliphatic heterocycles. The van der Waals surface area contributed by atoms with Crippen molar-refractivity contribution in [1.29, 1.82) is 0 Å². The summed E-state index contributed by atoms with van der Waals surface area (Å²) in [6.07, 6.45) is -2.48. The molecule has 0 saturated carbocycles. The number of thiol groups is 1. The van der Waals surface area contributed by atoms with Crippen LogP contribution in [0, 0.1) is 0 Å².